The van der Waals surface area contributed by atoms with Gasteiger partial charge in [0.25, 0.3) is 5.91 Å². The first kappa shape index (κ1) is 16.8. The van der Waals surface area contributed by atoms with E-state index in [2.05, 4.69) is 5.32 Å². The van der Waals surface area contributed by atoms with Crippen LogP contribution in [-0.4, -0.2) is 23.4 Å². The highest BCUT2D eigenvalue weighted by molar-refractivity contribution is 6.30. The molecular formula is C16H15ClN4O2. The lowest BCUT2D eigenvalue weighted by Crippen LogP contribution is -2.41. The van der Waals surface area contributed by atoms with Crippen molar-refractivity contribution in [3.8, 4) is 12.1 Å². The van der Waals surface area contributed by atoms with Crippen LogP contribution in [0.5, 0.6) is 0 Å². The molecule has 1 aliphatic heterocycles. The molecule has 1 heterocycles. The zero-order valence-electron chi connectivity index (χ0n) is 12.5. The summed E-state index contributed by atoms with van der Waals surface area (Å²) in [6.45, 7) is 1.60. The van der Waals surface area contributed by atoms with Crippen molar-refractivity contribution in [2.45, 2.75) is 25.3 Å². The summed E-state index contributed by atoms with van der Waals surface area (Å²) in [7, 11) is 0. The highest BCUT2D eigenvalue weighted by atomic mass is 35.5. The van der Waals surface area contributed by atoms with Crippen molar-refractivity contribution in [2.24, 2.45) is 5.92 Å². The molecule has 118 valence electrons. The summed E-state index contributed by atoms with van der Waals surface area (Å²) in [4.78, 5) is 25.9. The van der Waals surface area contributed by atoms with Gasteiger partial charge in [-0.1, -0.05) is 23.7 Å². The number of carbonyl (C=O) groups is 2. The lowest BCUT2D eigenvalue weighted by atomic mass is 9.92. The minimum Gasteiger partial charge on any atom is -0.319 e. The van der Waals surface area contributed by atoms with Gasteiger partial charge in [-0.25, -0.2) is 4.79 Å². The molecule has 0 aromatic heterocycles. The number of hydrogen-bond donors (Lipinski definition) is 1. The van der Waals surface area contributed by atoms with Gasteiger partial charge in [0.05, 0.1) is 18.1 Å². The van der Waals surface area contributed by atoms with Crippen LogP contribution >= 0.6 is 11.6 Å². The van der Waals surface area contributed by atoms with E-state index in [1.807, 2.05) is 12.1 Å². The third-order valence-corrected chi connectivity index (χ3v) is 4.14. The molecule has 3 amide bonds. The first-order valence-corrected chi connectivity index (χ1v) is 7.47. The SMILES string of the molecule is C[C@@]1(c2ccc(Cl)cc2)NC(=O)N(C[C@@H](C#N)CCC#N)C1=O. The van der Waals surface area contributed by atoms with E-state index >= 15 is 0 Å². The molecule has 1 N–H and O–H groups in total. The quantitative estimate of drug-likeness (QED) is 0.839. The maximum absolute atomic E-state index is 12.7. The van der Waals surface area contributed by atoms with E-state index in [1.54, 1.807) is 31.2 Å². The Morgan fingerprint density at radius 3 is 2.52 bits per heavy atom. The van der Waals surface area contributed by atoms with E-state index in [9.17, 15) is 9.59 Å². The molecule has 23 heavy (non-hydrogen) atoms. The third kappa shape index (κ3) is 3.28. The molecule has 0 spiro atoms. The van der Waals surface area contributed by atoms with Gasteiger partial charge in [0.2, 0.25) is 0 Å². The Hall–Kier alpha value is -2.57. The number of rotatable bonds is 5. The van der Waals surface area contributed by atoms with Gasteiger partial charge in [-0.15, -0.1) is 0 Å². The summed E-state index contributed by atoms with van der Waals surface area (Å²) in [5.74, 6) is -0.973. The van der Waals surface area contributed by atoms with Crippen LogP contribution < -0.4 is 5.32 Å². The Morgan fingerprint density at radius 2 is 1.96 bits per heavy atom. The Labute approximate surface area is 139 Å². The number of halogens is 1. The van der Waals surface area contributed by atoms with Crippen LogP contribution in [-0.2, 0) is 10.3 Å². The second kappa shape index (κ2) is 6.68. The molecule has 0 unspecified atom stereocenters. The molecule has 0 radical (unpaired) electrons. The number of hydrogen-bond acceptors (Lipinski definition) is 4. The van der Waals surface area contributed by atoms with Gasteiger partial charge in [-0.3, -0.25) is 9.69 Å². The van der Waals surface area contributed by atoms with Crippen molar-refractivity contribution in [1.82, 2.24) is 10.2 Å². The Bertz CT molecular complexity index is 704. The zero-order valence-corrected chi connectivity index (χ0v) is 13.3. The Kier molecular flexibility index (Phi) is 4.88. The maximum Gasteiger partial charge on any atom is 0.325 e. The van der Waals surface area contributed by atoms with E-state index < -0.39 is 23.4 Å². The van der Waals surface area contributed by atoms with Crippen LogP contribution in [0.2, 0.25) is 5.02 Å². The number of carbonyl (C=O) groups excluding carboxylic acids is 2. The van der Waals surface area contributed by atoms with Gasteiger partial charge in [0.15, 0.2) is 0 Å². The fourth-order valence-electron chi connectivity index (χ4n) is 2.50. The number of urea groups is 1. The summed E-state index contributed by atoms with van der Waals surface area (Å²) < 4.78 is 0. The molecule has 0 bridgehead atoms. The van der Waals surface area contributed by atoms with Crippen LogP contribution in [0.25, 0.3) is 0 Å². The summed E-state index contributed by atoms with van der Waals surface area (Å²) in [5.41, 5.74) is -0.565. The highest BCUT2D eigenvalue weighted by Crippen LogP contribution is 2.30. The van der Waals surface area contributed by atoms with E-state index in [-0.39, 0.29) is 13.0 Å². The van der Waals surface area contributed by atoms with Crippen molar-refractivity contribution in [2.75, 3.05) is 6.54 Å². The predicted molar refractivity (Wildman–Crippen MR) is 83.0 cm³/mol. The standard InChI is InChI=1S/C16H15ClN4O2/c1-16(12-4-6-13(17)7-5-12)14(22)21(15(23)20-16)10-11(9-19)3-2-8-18/h4-7,11H,2-3,10H2,1H3,(H,20,23)/t11-,16+/m1/s1. The molecule has 0 aliphatic carbocycles. The van der Waals surface area contributed by atoms with Gasteiger partial charge in [-0.2, -0.15) is 10.5 Å². The van der Waals surface area contributed by atoms with E-state index in [0.717, 1.165) is 4.90 Å². The predicted octanol–water partition coefficient (Wildman–Crippen LogP) is 2.55. The van der Waals surface area contributed by atoms with E-state index in [1.165, 1.54) is 0 Å². The summed E-state index contributed by atoms with van der Waals surface area (Å²) in [5, 5.41) is 20.9. The minimum atomic E-state index is -1.18. The number of imide groups is 1. The lowest BCUT2D eigenvalue weighted by Gasteiger charge is -2.22. The topological polar surface area (TPSA) is 97.0 Å². The van der Waals surface area contributed by atoms with Crippen LogP contribution in [0.3, 0.4) is 0 Å². The second-order valence-corrected chi connectivity index (χ2v) is 5.94. The van der Waals surface area contributed by atoms with Crippen molar-refractivity contribution >= 4 is 23.5 Å². The molecule has 1 aliphatic rings. The Balaban J connectivity index is 2.21. The average molecular weight is 331 g/mol. The zero-order chi connectivity index (χ0) is 17.0. The van der Waals surface area contributed by atoms with Crippen molar-refractivity contribution in [1.29, 1.82) is 10.5 Å². The number of nitrogens with one attached hydrogen (secondary N) is 1. The number of amides is 3. The van der Waals surface area contributed by atoms with Crippen molar-refractivity contribution in [3.05, 3.63) is 34.9 Å². The Morgan fingerprint density at radius 1 is 1.30 bits per heavy atom. The summed E-state index contributed by atoms with van der Waals surface area (Å²) in [6.07, 6.45) is 0.526. The first-order valence-electron chi connectivity index (χ1n) is 7.09. The molecule has 6 nitrogen and oxygen atoms in total. The largest absolute Gasteiger partial charge is 0.325 e. The first-order chi connectivity index (χ1) is 10.9. The van der Waals surface area contributed by atoms with Gasteiger partial charge in [-0.05, 0) is 31.0 Å². The van der Waals surface area contributed by atoms with Gasteiger partial charge in [0.1, 0.15) is 5.54 Å². The summed E-state index contributed by atoms with van der Waals surface area (Å²) >= 11 is 5.85. The lowest BCUT2D eigenvalue weighted by molar-refractivity contribution is -0.131. The number of nitrogens with zero attached hydrogens (tertiary/aromatic N) is 3. The van der Waals surface area contributed by atoms with Crippen LogP contribution in [0.1, 0.15) is 25.3 Å². The second-order valence-electron chi connectivity index (χ2n) is 5.50. The fraction of sp³-hybridized carbons (Fsp3) is 0.375. The van der Waals surface area contributed by atoms with Crippen LogP contribution in [0.15, 0.2) is 24.3 Å². The summed E-state index contributed by atoms with van der Waals surface area (Å²) in [6, 6.07) is 10.1. The molecule has 1 aromatic rings. The minimum absolute atomic E-state index is 0.0218. The molecular weight excluding hydrogens is 316 g/mol. The van der Waals surface area contributed by atoms with E-state index in [4.69, 9.17) is 22.1 Å². The van der Waals surface area contributed by atoms with Gasteiger partial charge >= 0.3 is 6.03 Å². The molecule has 1 aromatic carbocycles. The molecule has 2 atom stereocenters. The van der Waals surface area contributed by atoms with E-state index in [0.29, 0.717) is 17.0 Å². The highest BCUT2D eigenvalue weighted by Gasteiger charge is 2.49. The smallest absolute Gasteiger partial charge is 0.319 e. The van der Waals surface area contributed by atoms with Crippen molar-refractivity contribution < 1.29 is 9.59 Å². The molecule has 7 heteroatoms. The monoisotopic (exact) mass is 330 g/mol. The number of benzene rings is 1. The average Bonchev–Trinajstić information content (AvgIpc) is 2.75. The third-order valence-electron chi connectivity index (χ3n) is 3.89. The normalized spacial score (nSPS) is 21.5. The fourth-order valence-corrected chi connectivity index (χ4v) is 2.62. The molecule has 0 saturated carbocycles. The van der Waals surface area contributed by atoms with Crippen LogP contribution in [0, 0.1) is 28.6 Å². The van der Waals surface area contributed by atoms with Crippen LogP contribution in [0.4, 0.5) is 4.79 Å². The molecule has 1 saturated heterocycles. The number of nitriles is 2. The molecule has 2 rings (SSSR count). The molecule has 1 fully saturated rings. The maximum atomic E-state index is 12.7. The van der Waals surface area contributed by atoms with Gasteiger partial charge < -0.3 is 5.32 Å². The van der Waals surface area contributed by atoms with Crippen molar-refractivity contribution in [3.63, 3.8) is 0 Å². The van der Waals surface area contributed by atoms with Gasteiger partial charge in [0, 0.05) is 18.0 Å².